The van der Waals surface area contributed by atoms with E-state index in [1.54, 1.807) is 7.11 Å². The Labute approximate surface area is 117 Å². The summed E-state index contributed by atoms with van der Waals surface area (Å²) < 4.78 is 15.8. The van der Waals surface area contributed by atoms with Crippen molar-refractivity contribution in [3.05, 3.63) is 27.8 Å². The summed E-state index contributed by atoms with van der Waals surface area (Å²) in [5.74, 6) is 0.764. The van der Waals surface area contributed by atoms with Crippen LogP contribution in [0.2, 0.25) is 0 Å². The number of methoxy groups -OCH3 is 2. The van der Waals surface area contributed by atoms with Gasteiger partial charge in [-0.15, -0.1) is 0 Å². The maximum Gasteiger partial charge on any atom is 0.277 e. The van der Waals surface area contributed by atoms with Crippen molar-refractivity contribution in [3.8, 4) is 11.5 Å². The summed E-state index contributed by atoms with van der Waals surface area (Å²) in [6, 6.07) is 2.89. The van der Waals surface area contributed by atoms with Gasteiger partial charge in [-0.2, -0.15) is 0 Å². The standard InChI is InChI=1S/C13H20N2O5/c1-9(4-5-18-2)20-13-7-11(15(16)17)10(8-14)6-12(13)19-3/h6-7,9H,4-5,8,14H2,1-3H3. The molecule has 0 aromatic heterocycles. The normalized spacial score (nSPS) is 12.0. The zero-order chi connectivity index (χ0) is 15.1. The van der Waals surface area contributed by atoms with Gasteiger partial charge >= 0.3 is 0 Å². The number of nitro groups is 1. The summed E-state index contributed by atoms with van der Waals surface area (Å²) in [4.78, 5) is 10.5. The van der Waals surface area contributed by atoms with E-state index in [2.05, 4.69) is 0 Å². The van der Waals surface area contributed by atoms with Crippen LogP contribution in [0, 0.1) is 10.1 Å². The number of rotatable bonds is 8. The molecule has 0 aliphatic heterocycles. The highest BCUT2D eigenvalue weighted by atomic mass is 16.6. The van der Waals surface area contributed by atoms with E-state index >= 15 is 0 Å². The van der Waals surface area contributed by atoms with Crippen LogP contribution < -0.4 is 15.2 Å². The van der Waals surface area contributed by atoms with Crippen LogP contribution in [0.15, 0.2) is 12.1 Å². The Balaban J connectivity index is 3.04. The molecule has 0 amide bonds. The Hall–Kier alpha value is -1.86. The van der Waals surface area contributed by atoms with Crippen LogP contribution in [0.3, 0.4) is 0 Å². The van der Waals surface area contributed by atoms with Gasteiger partial charge in [0.05, 0.1) is 24.2 Å². The van der Waals surface area contributed by atoms with Gasteiger partial charge in [-0.25, -0.2) is 0 Å². The molecule has 0 spiro atoms. The lowest BCUT2D eigenvalue weighted by Gasteiger charge is -2.17. The SMILES string of the molecule is COCCC(C)Oc1cc([N+](=O)[O-])c(CN)cc1OC. The van der Waals surface area contributed by atoms with E-state index in [-0.39, 0.29) is 18.3 Å². The second kappa shape index (κ2) is 7.66. The van der Waals surface area contributed by atoms with Crippen molar-refractivity contribution >= 4 is 5.69 Å². The summed E-state index contributed by atoms with van der Waals surface area (Å²) in [5.41, 5.74) is 5.85. The Morgan fingerprint density at radius 3 is 2.55 bits per heavy atom. The fourth-order valence-corrected chi connectivity index (χ4v) is 1.74. The fraction of sp³-hybridized carbons (Fsp3) is 0.538. The van der Waals surface area contributed by atoms with Crippen LogP contribution >= 0.6 is 0 Å². The Morgan fingerprint density at radius 2 is 2.05 bits per heavy atom. The number of hydrogen-bond donors (Lipinski definition) is 1. The molecule has 0 aliphatic rings. The molecule has 1 atom stereocenters. The molecule has 20 heavy (non-hydrogen) atoms. The highest BCUT2D eigenvalue weighted by molar-refractivity contribution is 5.54. The van der Waals surface area contributed by atoms with Crippen molar-refractivity contribution in [2.75, 3.05) is 20.8 Å². The Morgan fingerprint density at radius 1 is 1.35 bits per heavy atom. The number of ether oxygens (including phenoxy) is 3. The van der Waals surface area contributed by atoms with E-state index in [0.717, 1.165) is 0 Å². The number of hydrogen-bond acceptors (Lipinski definition) is 6. The molecule has 1 unspecified atom stereocenters. The van der Waals surface area contributed by atoms with E-state index in [1.165, 1.54) is 19.2 Å². The topological polar surface area (TPSA) is 96.8 Å². The quantitative estimate of drug-likeness (QED) is 0.578. The smallest absolute Gasteiger partial charge is 0.277 e. The highest BCUT2D eigenvalue weighted by Gasteiger charge is 2.20. The zero-order valence-electron chi connectivity index (χ0n) is 11.9. The molecule has 0 saturated carbocycles. The second-order valence-corrected chi connectivity index (χ2v) is 4.30. The minimum Gasteiger partial charge on any atom is -0.493 e. The van der Waals surface area contributed by atoms with Crippen molar-refractivity contribution in [2.24, 2.45) is 5.73 Å². The molecule has 2 N–H and O–H groups in total. The van der Waals surface area contributed by atoms with Crippen molar-refractivity contribution < 1.29 is 19.1 Å². The largest absolute Gasteiger partial charge is 0.493 e. The van der Waals surface area contributed by atoms with Crippen LogP contribution in [-0.2, 0) is 11.3 Å². The summed E-state index contributed by atoms with van der Waals surface area (Å²) in [6.07, 6.45) is 0.527. The lowest BCUT2D eigenvalue weighted by Crippen LogP contribution is -2.15. The molecule has 1 aromatic carbocycles. The van der Waals surface area contributed by atoms with Gasteiger partial charge in [0.1, 0.15) is 0 Å². The first-order chi connectivity index (χ1) is 9.53. The minimum absolute atomic E-state index is 0.0617. The number of nitrogens with two attached hydrogens (primary N) is 1. The molecule has 0 saturated heterocycles. The van der Waals surface area contributed by atoms with Crippen LogP contribution in [0.4, 0.5) is 5.69 Å². The average Bonchev–Trinajstić information content (AvgIpc) is 2.44. The predicted octanol–water partition coefficient (Wildman–Crippen LogP) is 1.87. The predicted molar refractivity (Wildman–Crippen MR) is 74.1 cm³/mol. The average molecular weight is 284 g/mol. The van der Waals surface area contributed by atoms with Gasteiger partial charge in [0.2, 0.25) is 0 Å². The molecule has 0 fully saturated rings. The van der Waals surface area contributed by atoms with Gasteiger partial charge in [0.25, 0.3) is 5.69 Å². The summed E-state index contributed by atoms with van der Waals surface area (Å²) in [5, 5.41) is 11.0. The number of nitrogens with zero attached hydrogens (tertiary/aromatic N) is 1. The molecule has 1 rings (SSSR count). The molecule has 0 aliphatic carbocycles. The molecule has 7 nitrogen and oxygen atoms in total. The highest BCUT2D eigenvalue weighted by Crippen LogP contribution is 2.35. The number of nitro benzene ring substituents is 1. The van der Waals surface area contributed by atoms with Crippen LogP contribution in [0.25, 0.3) is 0 Å². The zero-order valence-corrected chi connectivity index (χ0v) is 11.9. The van der Waals surface area contributed by atoms with E-state index in [4.69, 9.17) is 19.9 Å². The van der Waals surface area contributed by atoms with E-state index in [9.17, 15) is 10.1 Å². The van der Waals surface area contributed by atoms with Gasteiger partial charge in [-0.1, -0.05) is 0 Å². The monoisotopic (exact) mass is 284 g/mol. The molecule has 1 aromatic rings. The fourth-order valence-electron chi connectivity index (χ4n) is 1.74. The number of benzene rings is 1. The van der Waals surface area contributed by atoms with Gasteiger partial charge in [0.15, 0.2) is 11.5 Å². The van der Waals surface area contributed by atoms with Gasteiger partial charge in [-0.05, 0) is 13.0 Å². The molecular weight excluding hydrogens is 264 g/mol. The van der Waals surface area contributed by atoms with Crippen LogP contribution in [-0.4, -0.2) is 31.9 Å². The van der Waals surface area contributed by atoms with E-state index < -0.39 is 4.92 Å². The minimum atomic E-state index is -0.478. The lowest BCUT2D eigenvalue weighted by molar-refractivity contribution is -0.385. The Bertz CT molecular complexity index is 464. The third-order valence-electron chi connectivity index (χ3n) is 2.84. The van der Waals surface area contributed by atoms with Crippen LogP contribution in [0.5, 0.6) is 11.5 Å². The first-order valence-electron chi connectivity index (χ1n) is 6.24. The molecule has 0 radical (unpaired) electrons. The summed E-state index contributed by atoms with van der Waals surface area (Å²) in [6.45, 7) is 2.47. The lowest BCUT2D eigenvalue weighted by atomic mass is 10.1. The molecule has 0 bridgehead atoms. The maximum absolute atomic E-state index is 11.0. The molecule has 112 valence electrons. The third-order valence-corrected chi connectivity index (χ3v) is 2.84. The summed E-state index contributed by atoms with van der Waals surface area (Å²) in [7, 11) is 3.09. The van der Waals surface area contributed by atoms with Gasteiger partial charge in [-0.3, -0.25) is 10.1 Å². The Kier molecular flexibility index (Phi) is 6.20. The first-order valence-corrected chi connectivity index (χ1v) is 6.24. The molecule has 0 heterocycles. The van der Waals surface area contributed by atoms with E-state index in [0.29, 0.717) is 30.1 Å². The second-order valence-electron chi connectivity index (χ2n) is 4.30. The maximum atomic E-state index is 11.0. The van der Waals surface area contributed by atoms with Crippen molar-refractivity contribution in [1.82, 2.24) is 0 Å². The van der Waals surface area contributed by atoms with Crippen molar-refractivity contribution in [1.29, 1.82) is 0 Å². The van der Waals surface area contributed by atoms with Crippen LogP contribution in [0.1, 0.15) is 18.9 Å². The van der Waals surface area contributed by atoms with Crippen molar-refractivity contribution in [2.45, 2.75) is 26.0 Å². The van der Waals surface area contributed by atoms with Gasteiger partial charge in [0, 0.05) is 32.2 Å². The third kappa shape index (κ3) is 4.07. The molecular formula is C13H20N2O5. The molecule has 7 heteroatoms. The van der Waals surface area contributed by atoms with Gasteiger partial charge < -0.3 is 19.9 Å². The van der Waals surface area contributed by atoms with Crippen molar-refractivity contribution in [3.63, 3.8) is 0 Å². The summed E-state index contributed by atoms with van der Waals surface area (Å²) >= 11 is 0. The van der Waals surface area contributed by atoms with E-state index in [1.807, 2.05) is 6.92 Å². The first kappa shape index (κ1) is 16.2.